The van der Waals surface area contributed by atoms with E-state index in [0.717, 1.165) is 18.4 Å². The van der Waals surface area contributed by atoms with Crippen LogP contribution in [0.4, 0.5) is 0 Å². The second-order valence-electron chi connectivity index (χ2n) is 4.82. The van der Waals surface area contributed by atoms with Gasteiger partial charge in [0.05, 0.1) is 0 Å². The first-order valence-electron chi connectivity index (χ1n) is 5.36. The van der Waals surface area contributed by atoms with Crippen molar-refractivity contribution in [2.75, 3.05) is 0 Å². The number of hydrogen-bond donors (Lipinski definition) is 0. The summed E-state index contributed by atoms with van der Waals surface area (Å²) >= 11 is 0. The maximum atomic E-state index is 11.6. The molecule has 14 heavy (non-hydrogen) atoms. The first-order valence-corrected chi connectivity index (χ1v) is 5.36. The zero-order chi connectivity index (χ0) is 9.76. The largest absolute Gasteiger partial charge is 0.294 e. The molecule has 2 aliphatic carbocycles. The lowest BCUT2D eigenvalue weighted by molar-refractivity contribution is 0.0994. The topological polar surface area (TPSA) is 17.1 Å². The lowest BCUT2D eigenvalue weighted by Gasteiger charge is -2.13. The van der Waals surface area contributed by atoms with Gasteiger partial charge in [0.1, 0.15) is 0 Å². The fourth-order valence-electron chi connectivity index (χ4n) is 2.51. The number of rotatable bonds is 1. The molecule has 2 aliphatic rings. The Balaban J connectivity index is 2.19. The lowest BCUT2D eigenvalue weighted by atomic mass is 9.91. The monoisotopic (exact) mass is 186 g/mol. The molecule has 0 atom stereocenters. The summed E-state index contributed by atoms with van der Waals surface area (Å²) < 4.78 is 0. The Hall–Kier alpha value is -1.11. The third kappa shape index (κ3) is 0.985. The van der Waals surface area contributed by atoms with Gasteiger partial charge in [0.2, 0.25) is 0 Å². The van der Waals surface area contributed by atoms with Crippen molar-refractivity contribution < 1.29 is 4.79 Å². The standard InChI is InChI=1S/C13H14O/c1-13(7-8-13)11-4-2-3-10-9(11)5-6-12(10)14/h2-4H,5-8H2,1H3. The van der Waals surface area contributed by atoms with Gasteiger partial charge >= 0.3 is 0 Å². The van der Waals surface area contributed by atoms with Crippen molar-refractivity contribution in [3.8, 4) is 0 Å². The fraction of sp³-hybridized carbons (Fsp3) is 0.462. The Morgan fingerprint density at radius 2 is 2.00 bits per heavy atom. The number of carbonyl (C=O) groups is 1. The molecule has 72 valence electrons. The summed E-state index contributed by atoms with van der Waals surface area (Å²) in [5.74, 6) is 0.339. The Kier molecular flexibility index (Phi) is 1.45. The van der Waals surface area contributed by atoms with E-state index in [1.54, 1.807) is 0 Å². The van der Waals surface area contributed by atoms with Crippen molar-refractivity contribution in [3.63, 3.8) is 0 Å². The summed E-state index contributed by atoms with van der Waals surface area (Å²) in [5, 5.41) is 0. The predicted octanol–water partition coefficient (Wildman–Crippen LogP) is 2.87. The molecule has 3 rings (SSSR count). The van der Waals surface area contributed by atoms with Crippen molar-refractivity contribution >= 4 is 5.78 Å². The molecule has 0 saturated heterocycles. The van der Waals surface area contributed by atoms with E-state index in [4.69, 9.17) is 0 Å². The molecule has 0 unspecified atom stereocenters. The molecule has 1 aromatic rings. The molecule has 0 bridgehead atoms. The van der Waals surface area contributed by atoms with E-state index in [2.05, 4.69) is 13.0 Å². The minimum atomic E-state index is 0.339. The quantitative estimate of drug-likeness (QED) is 0.659. The second-order valence-corrected chi connectivity index (χ2v) is 4.82. The zero-order valence-corrected chi connectivity index (χ0v) is 8.47. The van der Waals surface area contributed by atoms with Crippen LogP contribution >= 0.6 is 0 Å². The molecular weight excluding hydrogens is 172 g/mol. The number of fused-ring (bicyclic) bond motifs is 1. The highest BCUT2D eigenvalue weighted by atomic mass is 16.1. The molecule has 0 spiro atoms. The van der Waals surface area contributed by atoms with Crippen molar-refractivity contribution in [2.45, 2.75) is 38.0 Å². The number of carbonyl (C=O) groups excluding carboxylic acids is 1. The highest BCUT2D eigenvalue weighted by Crippen LogP contribution is 2.50. The first kappa shape index (κ1) is 8.22. The summed E-state index contributed by atoms with van der Waals surface area (Å²) in [4.78, 5) is 11.6. The van der Waals surface area contributed by atoms with E-state index in [0.29, 0.717) is 11.2 Å². The average molecular weight is 186 g/mol. The van der Waals surface area contributed by atoms with Crippen LogP contribution in [0.1, 0.15) is 47.7 Å². The number of ketones is 1. The third-order valence-electron chi connectivity index (χ3n) is 3.73. The molecule has 0 N–H and O–H groups in total. The van der Waals surface area contributed by atoms with E-state index in [1.807, 2.05) is 12.1 Å². The first-order chi connectivity index (χ1) is 6.71. The van der Waals surface area contributed by atoms with Crippen LogP contribution in [0.3, 0.4) is 0 Å². The lowest BCUT2D eigenvalue weighted by Crippen LogP contribution is -2.04. The van der Waals surface area contributed by atoms with Gasteiger partial charge in [0.15, 0.2) is 5.78 Å². The van der Waals surface area contributed by atoms with Crippen LogP contribution in [0.25, 0.3) is 0 Å². The maximum Gasteiger partial charge on any atom is 0.163 e. The van der Waals surface area contributed by atoms with E-state index in [9.17, 15) is 4.79 Å². The SMILES string of the molecule is CC1(c2cccc3c2CCC3=O)CC1. The van der Waals surface area contributed by atoms with Gasteiger partial charge in [0.25, 0.3) is 0 Å². The molecule has 1 nitrogen and oxygen atoms in total. The van der Waals surface area contributed by atoms with Crippen LogP contribution in [0, 0.1) is 0 Å². The van der Waals surface area contributed by atoms with Crippen LogP contribution < -0.4 is 0 Å². The Morgan fingerprint density at radius 1 is 1.21 bits per heavy atom. The van der Waals surface area contributed by atoms with Crippen LogP contribution in [-0.4, -0.2) is 5.78 Å². The van der Waals surface area contributed by atoms with E-state index in [1.165, 1.54) is 24.0 Å². The third-order valence-corrected chi connectivity index (χ3v) is 3.73. The van der Waals surface area contributed by atoms with Gasteiger partial charge in [-0.2, -0.15) is 0 Å². The van der Waals surface area contributed by atoms with Crippen molar-refractivity contribution in [2.24, 2.45) is 0 Å². The summed E-state index contributed by atoms with van der Waals surface area (Å²) in [6, 6.07) is 6.24. The zero-order valence-electron chi connectivity index (χ0n) is 8.47. The summed E-state index contributed by atoms with van der Waals surface area (Å²) in [5.41, 5.74) is 4.18. The summed E-state index contributed by atoms with van der Waals surface area (Å²) in [7, 11) is 0. The smallest absolute Gasteiger partial charge is 0.163 e. The molecule has 0 aliphatic heterocycles. The van der Waals surface area contributed by atoms with Crippen molar-refractivity contribution in [3.05, 3.63) is 34.9 Å². The van der Waals surface area contributed by atoms with Gasteiger partial charge in [-0.25, -0.2) is 0 Å². The Morgan fingerprint density at radius 3 is 2.71 bits per heavy atom. The van der Waals surface area contributed by atoms with Crippen LogP contribution in [0.5, 0.6) is 0 Å². The Bertz CT molecular complexity index is 413. The Labute approximate surface area is 84.1 Å². The molecule has 0 radical (unpaired) electrons. The molecule has 1 aromatic carbocycles. The molecule has 0 amide bonds. The van der Waals surface area contributed by atoms with Gasteiger partial charge in [-0.3, -0.25) is 4.79 Å². The molecule has 1 heteroatoms. The van der Waals surface area contributed by atoms with E-state index in [-0.39, 0.29) is 0 Å². The molecule has 1 saturated carbocycles. The molecular formula is C13H14O. The predicted molar refractivity (Wildman–Crippen MR) is 55.7 cm³/mol. The highest BCUT2D eigenvalue weighted by Gasteiger charge is 2.41. The molecule has 0 aromatic heterocycles. The van der Waals surface area contributed by atoms with Gasteiger partial charge in [-0.1, -0.05) is 25.1 Å². The highest BCUT2D eigenvalue weighted by molar-refractivity contribution is 6.00. The van der Waals surface area contributed by atoms with Gasteiger partial charge < -0.3 is 0 Å². The van der Waals surface area contributed by atoms with E-state index >= 15 is 0 Å². The van der Waals surface area contributed by atoms with Gasteiger partial charge in [-0.05, 0) is 35.8 Å². The summed E-state index contributed by atoms with van der Waals surface area (Å²) in [6.45, 7) is 2.31. The van der Waals surface area contributed by atoms with Crippen LogP contribution in [-0.2, 0) is 11.8 Å². The molecule has 1 fully saturated rings. The normalized spacial score (nSPS) is 22.2. The second kappa shape index (κ2) is 2.47. The maximum absolute atomic E-state index is 11.6. The van der Waals surface area contributed by atoms with Gasteiger partial charge in [0, 0.05) is 12.0 Å². The van der Waals surface area contributed by atoms with Crippen LogP contribution in [0.2, 0.25) is 0 Å². The minimum Gasteiger partial charge on any atom is -0.294 e. The minimum absolute atomic E-state index is 0.339. The van der Waals surface area contributed by atoms with Crippen molar-refractivity contribution in [1.82, 2.24) is 0 Å². The number of benzene rings is 1. The number of Topliss-reactive ketones (excluding diaryl/α,β-unsaturated/α-hetero) is 1. The van der Waals surface area contributed by atoms with Gasteiger partial charge in [-0.15, -0.1) is 0 Å². The number of hydrogen-bond acceptors (Lipinski definition) is 1. The van der Waals surface area contributed by atoms with E-state index < -0.39 is 0 Å². The fourth-order valence-corrected chi connectivity index (χ4v) is 2.51. The molecule has 0 heterocycles. The van der Waals surface area contributed by atoms with Crippen LogP contribution in [0.15, 0.2) is 18.2 Å². The summed E-state index contributed by atoms with van der Waals surface area (Å²) in [6.07, 6.45) is 4.28. The van der Waals surface area contributed by atoms with Crippen molar-refractivity contribution in [1.29, 1.82) is 0 Å². The average Bonchev–Trinajstić information content (AvgIpc) is 2.83.